The van der Waals surface area contributed by atoms with Gasteiger partial charge >= 0.3 is 5.63 Å². The average Bonchev–Trinajstić information content (AvgIpc) is 2.53. The van der Waals surface area contributed by atoms with Gasteiger partial charge in [-0.05, 0) is 18.5 Å². The van der Waals surface area contributed by atoms with Gasteiger partial charge < -0.3 is 23.9 Å². The summed E-state index contributed by atoms with van der Waals surface area (Å²) < 4.78 is 21.6. The highest BCUT2D eigenvalue weighted by molar-refractivity contribution is 5.92. The number of methoxy groups -OCH3 is 3. The van der Waals surface area contributed by atoms with E-state index in [-0.39, 0.29) is 18.0 Å². The maximum Gasteiger partial charge on any atom is 0.341 e. The zero-order chi connectivity index (χ0) is 15.0. The van der Waals surface area contributed by atoms with E-state index in [4.69, 9.17) is 18.6 Å². The van der Waals surface area contributed by atoms with Gasteiger partial charge in [0, 0.05) is 12.6 Å². The molecule has 1 N–H and O–H groups in total. The first-order valence-electron chi connectivity index (χ1n) is 6.69. The molecule has 120 valence electrons. The predicted octanol–water partition coefficient (Wildman–Crippen LogP) is 1.89. The van der Waals surface area contributed by atoms with Gasteiger partial charge in [0.2, 0.25) is 5.75 Å². The van der Waals surface area contributed by atoms with Crippen molar-refractivity contribution in [1.82, 2.24) is 5.32 Å². The van der Waals surface area contributed by atoms with Gasteiger partial charge in [0.1, 0.15) is 5.58 Å². The molecule has 1 aromatic carbocycles. The number of benzene rings is 1. The second-order valence-corrected chi connectivity index (χ2v) is 4.79. The topological polar surface area (TPSA) is 69.9 Å². The largest absolute Gasteiger partial charge is 0.493 e. The lowest BCUT2D eigenvalue weighted by Gasteiger charge is -2.20. The molecule has 3 rings (SSSR count). The lowest BCUT2D eigenvalue weighted by Crippen LogP contribution is -2.29. The second kappa shape index (κ2) is 6.46. The van der Waals surface area contributed by atoms with Gasteiger partial charge in [0.25, 0.3) is 0 Å². The van der Waals surface area contributed by atoms with E-state index in [2.05, 4.69) is 5.32 Å². The van der Waals surface area contributed by atoms with E-state index in [0.29, 0.717) is 34.9 Å². The zero-order valence-corrected chi connectivity index (χ0v) is 13.5. The van der Waals surface area contributed by atoms with E-state index < -0.39 is 0 Å². The zero-order valence-electron chi connectivity index (χ0n) is 12.6. The Labute approximate surface area is 133 Å². The van der Waals surface area contributed by atoms with Crippen LogP contribution in [0.3, 0.4) is 0 Å². The van der Waals surface area contributed by atoms with E-state index in [0.717, 1.165) is 23.9 Å². The molecule has 1 aliphatic rings. The van der Waals surface area contributed by atoms with Gasteiger partial charge in [-0.15, -0.1) is 12.4 Å². The highest BCUT2D eigenvalue weighted by Crippen LogP contribution is 2.45. The van der Waals surface area contributed by atoms with E-state index in [1.165, 1.54) is 7.11 Å². The fourth-order valence-electron chi connectivity index (χ4n) is 2.82. The van der Waals surface area contributed by atoms with Gasteiger partial charge in [-0.25, -0.2) is 4.79 Å². The van der Waals surface area contributed by atoms with E-state index in [1.807, 2.05) is 0 Å². The Bertz CT molecular complexity index is 756. The maximum absolute atomic E-state index is 12.1. The number of hydrogen-bond donors (Lipinski definition) is 1. The molecule has 1 aromatic heterocycles. The summed E-state index contributed by atoms with van der Waals surface area (Å²) in [5.74, 6) is 1.51. The van der Waals surface area contributed by atoms with Crippen molar-refractivity contribution in [2.24, 2.45) is 0 Å². The highest BCUT2D eigenvalue weighted by atomic mass is 35.5. The predicted molar refractivity (Wildman–Crippen MR) is 84.8 cm³/mol. The Morgan fingerprint density at radius 2 is 1.82 bits per heavy atom. The second-order valence-electron chi connectivity index (χ2n) is 4.79. The minimum Gasteiger partial charge on any atom is -0.493 e. The molecular formula is C15H18ClNO5. The normalized spacial score (nSPS) is 13.2. The first kappa shape index (κ1) is 16.5. The van der Waals surface area contributed by atoms with Crippen molar-refractivity contribution in [3.05, 3.63) is 27.6 Å². The summed E-state index contributed by atoms with van der Waals surface area (Å²) in [5.41, 5.74) is 1.74. The molecule has 0 amide bonds. The lowest BCUT2D eigenvalue weighted by molar-refractivity contribution is 0.326. The van der Waals surface area contributed by atoms with Crippen LogP contribution >= 0.6 is 12.4 Å². The van der Waals surface area contributed by atoms with Crippen molar-refractivity contribution >= 4 is 23.4 Å². The number of ether oxygens (including phenoxy) is 3. The van der Waals surface area contributed by atoms with Crippen molar-refractivity contribution in [2.75, 3.05) is 27.9 Å². The summed E-state index contributed by atoms with van der Waals surface area (Å²) in [7, 11) is 4.65. The van der Waals surface area contributed by atoms with Crippen LogP contribution in [0.2, 0.25) is 0 Å². The number of hydrogen-bond acceptors (Lipinski definition) is 6. The van der Waals surface area contributed by atoms with Gasteiger partial charge in [0.15, 0.2) is 11.5 Å². The third-order valence-electron chi connectivity index (χ3n) is 3.76. The van der Waals surface area contributed by atoms with E-state index in [1.54, 1.807) is 20.3 Å². The summed E-state index contributed by atoms with van der Waals surface area (Å²) in [6, 6.07) is 1.67. The van der Waals surface area contributed by atoms with Crippen molar-refractivity contribution < 1.29 is 18.6 Å². The molecule has 2 aromatic rings. The molecule has 0 fully saturated rings. The molecule has 0 saturated heterocycles. The number of fused-ring (bicyclic) bond motifs is 3. The molecule has 6 nitrogen and oxygen atoms in total. The Balaban J connectivity index is 0.00000176. The van der Waals surface area contributed by atoms with Crippen LogP contribution in [0, 0.1) is 0 Å². The van der Waals surface area contributed by atoms with Crippen molar-refractivity contribution in [3.63, 3.8) is 0 Å². The maximum atomic E-state index is 12.1. The first-order chi connectivity index (χ1) is 10.2. The fraction of sp³-hybridized carbons (Fsp3) is 0.400. The average molecular weight is 328 g/mol. The van der Waals surface area contributed by atoms with Gasteiger partial charge in [-0.2, -0.15) is 0 Å². The van der Waals surface area contributed by atoms with Crippen molar-refractivity contribution in [3.8, 4) is 17.2 Å². The third kappa shape index (κ3) is 2.38. The Morgan fingerprint density at radius 3 is 2.45 bits per heavy atom. The molecule has 7 heteroatoms. The van der Waals surface area contributed by atoms with Crippen LogP contribution in [0.25, 0.3) is 11.0 Å². The summed E-state index contributed by atoms with van der Waals surface area (Å²) >= 11 is 0. The van der Waals surface area contributed by atoms with Crippen LogP contribution in [-0.4, -0.2) is 27.9 Å². The highest BCUT2D eigenvalue weighted by Gasteiger charge is 2.25. The molecule has 0 saturated carbocycles. The van der Waals surface area contributed by atoms with Crippen LogP contribution in [0.15, 0.2) is 15.3 Å². The Morgan fingerprint density at radius 1 is 1.09 bits per heavy atom. The SMILES string of the molecule is COc1cc2oc(=O)c3c(c2c(OC)c1OC)CCNC3.Cl. The molecule has 22 heavy (non-hydrogen) atoms. The van der Waals surface area contributed by atoms with E-state index >= 15 is 0 Å². The molecule has 2 heterocycles. The molecule has 0 atom stereocenters. The van der Waals surface area contributed by atoms with Crippen LogP contribution in [0.5, 0.6) is 17.2 Å². The molecular weight excluding hydrogens is 310 g/mol. The number of rotatable bonds is 3. The smallest absolute Gasteiger partial charge is 0.341 e. The summed E-state index contributed by atoms with van der Waals surface area (Å²) in [6.45, 7) is 1.31. The first-order valence-corrected chi connectivity index (χ1v) is 6.69. The van der Waals surface area contributed by atoms with Gasteiger partial charge in [0.05, 0.1) is 32.3 Å². The lowest BCUT2D eigenvalue weighted by atomic mass is 9.97. The van der Waals surface area contributed by atoms with Gasteiger partial charge in [-0.3, -0.25) is 0 Å². The van der Waals surface area contributed by atoms with Crippen LogP contribution < -0.4 is 25.2 Å². The number of halogens is 1. The molecule has 0 spiro atoms. The Hall–Kier alpha value is -1.92. The molecule has 0 aliphatic carbocycles. The third-order valence-corrected chi connectivity index (χ3v) is 3.76. The van der Waals surface area contributed by atoms with Gasteiger partial charge in [-0.1, -0.05) is 0 Å². The summed E-state index contributed by atoms with van der Waals surface area (Å²) in [4.78, 5) is 12.1. The van der Waals surface area contributed by atoms with Crippen molar-refractivity contribution in [2.45, 2.75) is 13.0 Å². The van der Waals surface area contributed by atoms with Crippen LogP contribution in [0.1, 0.15) is 11.1 Å². The quantitative estimate of drug-likeness (QED) is 0.868. The fourth-order valence-corrected chi connectivity index (χ4v) is 2.82. The molecule has 0 unspecified atom stereocenters. The minimum absolute atomic E-state index is 0. The molecule has 1 aliphatic heterocycles. The molecule has 0 radical (unpaired) electrons. The number of nitrogens with one attached hydrogen (secondary N) is 1. The minimum atomic E-state index is -0.320. The molecule has 0 bridgehead atoms. The summed E-state index contributed by atoms with van der Waals surface area (Å²) in [6.07, 6.45) is 0.739. The van der Waals surface area contributed by atoms with Crippen molar-refractivity contribution in [1.29, 1.82) is 0 Å². The Kier molecular flexibility index (Phi) is 4.83. The van der Waals surface area contributed by atoms with Crippen LogP contribution in [-0.2, 0) is 13.0 Å². The standard InChI is InChI=1S/C15H17NO5.ClH/c1-18-11-6-10-12(14(20-3)13(11)19-2)8-4-5-16-7-9(8)15(17)21-10;/h6,16H,4-5,7H2,1-3H3;1H. The summed E-state index contributed by atoms with van der Waals surface area (Å²) in [5, 5.41) is 3.96. The van der Waals surface area contributed by atoms with E-state index in [9.17, 15) is 4.79 Å². The van der Waals surface area contributed by atoms with Crippen LogP contribution in [0.4, 0.5) is 0 Å². The monoisotopic (exact) mass is 327 g/mol.